The number of ether oxygens (including phenoxy) is 3. The molecule has 0 bridgehead atoms. The number of rotatable bonds is 55. The number of hydrogen-bond acceptors (Lipinski definition) is 10. The Kier molecular flexibility index (Phi) is 52.0. The van der Waals surface area contributed by atoms with E-state index in [4.69, 9.17) is 14.2 Å². The molecule has 0 saturated carbocycles. The van der Waals surface area contributed by atoms with Crippen LogP contribution in [0.2, 0.25) is 0 Å². The van der Waals surface area contributed by atoms with E-state index in [0.717, 1.165) is 70.6 Å². The maximum absolute atomic E-state index is 13.0. The Bertz CT molecular complexity index is 1460. The van der Waals surface area contributed by atoms with Crippen LogP contribution in [0.3, 0.4) is 0 Å². The van der Waals surface area contributed by atoms with Gasteiger partial charge in [0.1, 0.15) is 24.4 Å². The van der Waals surface area contributed by atoms with Crippen molar-refractivity contribution in [3.05, 3.63) is 60.8 Å². The monoisotopic (exact) mass is 1090 g/mol. The van der Waals surface area contributed by atoms with Crippen LogP contribution in [0.25, 0.3) is 0 Å². The number of esters is 1. The maximum Gasteiger partial charge on any atom is 0.305 e. The summed E-state index contributed by atoms with van der Waals surface area (Å²) in [6, 6.07) is -0.836. The van der Waals surface area contributed by atoms with Crippen LogP contribution in [0.4, 0.5) is 0 Å². The van der Waals surface area contributed by atoms with E-state index in [1.165, 1.54) is 186 Å². The lowest BCUT2D eigenvalue weighted by molar-refractivity contribution is -0.302. The standard InChI is InChI=1S/C66H119NO10/c1-3-5-7-9-11-13-14-15-31-34-38-42-46-50-54-62(71)75-55-51-47-43-39-35-32-29-27-25-23-21-19-17-16-18-20-22-24-26-28-30-33-37-41-45-49-53-61(70)67-58(59(69)52-48-44-40-36-12-10-8-6-4-2)57-76-66-65(74)64(73)63(72)60(56-68)77-66/h4,6,12,14-16,18,36,48,52,58-60,63-66,68-69,72-74H,3,5,7-11,13,17,19-35,37-47,49-51,53-57H2,1-2H3,(H,67,70)/b6-4+,15-14-,18-16-,36-12+,52-48+. The zero-order valence-corrected chi connectivity index (χ0v) is 49.4. The Balaban J connectivity index is 1.97. The van der Waals surface area contributed by atoms with Crippen molar-refractivity contribution in [2.24, 2.45) is 0 Å². The van der Waals surface area contributed by atoms with E-state index in [2.05, 4.69) is 54.8 Å². The third-order valence-electron chi connectivity index (χ3n) is 14.9. The van der Waals surface area contributed by atoms with Gasteiger partial charge in [0.05, 0.1) is 32.0 Å². The largest absolute Gasteiger partial charge is 0.466 e. The number of aliphatic hydroxyl groups excluding tert-OH is 5. The fourth-order valence-corrected chi connectivity index (χ4v) is 9.82. The average Bonchev–Trinajstić information content (AvgIpc) is 3.43. The molecule has 7 atom stereocenters. The van der Waals surface area contributed by atoms with Crippen molar-refractivity contribution in [3.8, 4) is 0 Å². The van der Waals surface area contributed by atoms with Gasteiger partial charge in [-0.15, -0.1) is 0 Å². The minimum atomic E-state index is -1.58. The lowest BCUT2D eigenvalue weighted by Gasteiger charge is -2.40. The maximum atomic E-state index is 13.0. The van der Waals surface area contributed by atoms with Crippen molar-refractivity contribution in [2.45, 2.75) is 326 Å². The first-order valence-corrected chi connectivity index (χ1v) is 32.0. The van der Waals surface area contributed by atoms with Gasteiger partial charge in [-0.25, -0.2) is 0 Å². The molecule has 11 nitrogen and oxygen atoms in total. The molecule has 7 unspecified atom stereocenters. The highest BCUT2D eigenvalue weighted by atomic mass is 16.7. The predicted molar refractivity (Wildman–Crippen MR) is 320 cm³/mol. The van der Waals surface area contributed by atoms with Crippen LogP contribution >= 0.6 is 0 Å². The summed E-state index contributed by atoms with van der Waals surface area (Å²) in [5.74, 6) is -0.207. The number of hydrogen-bond donors (Lipinski definition) is 6. The molecular weight excluding hydrogens is 967 g/mol. The smallest absolute Gasteiger partial charge is 0.305 e. The first-order valence-electron chi connectivity index (χ1n) is 32.0. The van der Waals surface area contributed by atoms with Crippen LogP contribution in [-0.2, 0) is 23.8 Å². The highest BCUT2D eigenvalue weighted by molar-refractivity contribution is 5.76. The van der Waals surface area contributed by atoms with Crippen molar-refractivity contribution >= 4 is 11.9 Å². The Labute approximate surface area is 471 Å². The van der Waals surface area contributed by atoms with Gasteiger partial charge in [0, 0.05) is 12.8 Å². The highest BCUT2D eigenvalue weighted by Gasteiger charge is 2.44. The van der Waals surface area contributed by atoms with E-state index in [-0.39, 0.29) is 18.5 Å². The summed E-state index contributed by atoms with van der Waals surface area (Å²) in [4.78, 5) is 25.0. The van der Waals surface area contributed by atoms with Crippen molar-refractivity contribution in [1.29, 1.82) is 0 Å². The number of aliphatic hydroxyl groups is 5. The molecule has 1 amide bonds. The first-order chi connectivity index (χ1) is 37.7. The number of carbonyl (C=O) groups is 2. The van der Waals surface area contributed by atoms with E-state index in [9.17, 15) is 35.1 Å². The van der Waals surface area contributed by atoms with Crippen LogP contribution in [0.5, 0.6) is 0 Å². The summed E-state index contributed by atoms with van der Waals surface area (Å²) in [5, 5.41) is 54.2. The molecule has 448 valence electrons. The normalized spacial score (nSPS) is 19.0. The van der Waals surface area contributed by atoms with E-state index < -0.39 is 49.5 Å². The van der Waals surface area contributed by atoms with Gasteiger partial charge in [-0.05, 0) is 103 Å². The molecule has 1 rings (SSSR count). The Morgan fingerprint density at radius 3 is 1.36 bits per heavy atom. The molecule has 1 aliphatic rings. The number of unbranched alkanes of at least 4 members (excludes halogenated alkanes) is 34. The molecule has 0 spiro atoms. The number of nitrogens with one attached hydrogen (secondary N) is 1. The van der Waals surface area contributed by atoms with Gasteiger partial charge in [0.25, 0.3) is 0 Å². The minimum absolute atomic E-state index is 0.00553. The second kappa shape index (κ2) is 55.3. The van der Waals surface area contributed by atoms with Gasteiger partial charge >= 0.3 is 5.97 Å². The number of amides is 1. The second-order valence-corrected chi connectivity index (χ2v) is 22.1. The van der Waals surface area contributed by atoms with Crippen LogP contribution in [0.15, 0.2) is 60.8 Å². The topological polar surface area (TPSA) is 175 Å². The van der Waals surface area contributed by atoms with Crippen molar-refractivity contribution in [3.63, 3.8) is 0 Å². The zero-order chi connectivity index (χ0) is 55.9. The molecule has 0 radical (unpaired) electrons. The Morgan fingerprint density at radius 1 is 0.494 bits per heavy atom. The quantitative estimate of drug-likeness (QED) is 0.0195. The molecule has 0 aliphatic carbocycles. The molecule has 1 fully saturated rings. The molecule has 11 heteroatoms. The molecule has 1 aliphatic heterocycles. The highest BCUT2D eigenvalue weighted by Crippen LogP contribution is 2.23. The summed E-state index contributed by atoms with van der Waals surface area (Å²) in [5.41, 5.74) is 0. The summed E-state index contributed by atoms with van der Waals surface area (Å²) in [7, 11) is 0. The van der Waals surface area contributed by atoms with Crippen LogP contribution < -0.4 is 5.32 Å². The van der Waals surface area contributed by atoms with E-state index >= 15 is 0 Å². The predicted octanol–water partition coefficient (Wildman–Crippen LogP) is 15.4. The van der Waals surface area contributed by atoms with E-state index in [1.807, 2.05) is 19.1 Å². The van der Waals surface area contributed by atoms with Gasteiger partial charge in [-0.2, -0.15) is 0 Å². The third-order valence-corrected chi connectivity index (χ3v) is 14.9. The summed E-state index contributed by atoms with van der Waals surface area (Å²) in [6.07, 6.45) is 62.3. The van der Waals surface area contributed by atoms with Crippen LogP contribution in [0, 0.1) is 0 Å². The van der Waals surface area contributed by atoms with Crippen LogP contribution in [-0.4, -0.2) is 100 Å². The molecule has 6 N–H and O–H groups in total. The SMILES string of the molecule is C/C=C/CC/C=C/CC/C=C/C(O)C(COC1OC(CO)C(O)C(O)C1O)NC(=O)CCCCCCCCCCCC/C=C\CCCCCCCCCCCCCCOC(=O)CCCCCCC/C=C\CCCCCCC. The molecule has 0 aromatic rings. The lowest BCUT2D eigenvalue weighted by Crippen LogP contribution is -2.60. The summed E-state index contributed by atoms with van der Waals surface area (Å²) in [6.45, 7) is 4.08. The third kappa shape index (κ3) is 44.8. The summed E-state index contributed by atoms with van der Waals surface area (Å²) < 4.78 is 16.7. The Hall–Kier alpha value is -2.64. The number of allylic oxidation sites excluding steroid dienone is 9. The molecule has 0 aromatic carbocycles. The van der Waals surface area contributed by atoms with Crippen molar-refractivity contribution in [2.75, 3.05) is 19.8 Å². The van der Waals surface area contributed by atoms with Crippen molar-refractivity contribution in [1.82, 2.24) is 5.32 Å². The van der Waals surface area contributed by atoms with Gasteiger partial charge in [-0.1, -0.05) is 228 Å². The molecule has 0 aromatic heterocycles. The van der Waals surface area contributed by atoms with Gasteiger partial charge < -0.3 is 45.1 Å². The minimum Gasteiger partial charge on any atom is -0.466 e. The van der Waals surface area contributed by atoms with Gasteiger partial charge in [0.2, 0.25) is 5.91 Å². The molecule has 77 heavy (non-hydrogen) atoms. The lowest BCUT2D eigenvalue weighted by atomic mass is 9.99. The fourth-order valence-electron chi connectivity index (χ4n) is 9.82. The molecule has 1 heterocycles. The van der Waals surface area contributed by atoms with Gasteiger partial charge in [0.15, 0.2) is 6.29 Å². The average molecular weight is 1090 g/mol. The van der Waals surface area contributed by atoms with Gasteiger partial charge in [-0.3, -0.25) is 9.59 Å². The molecular formula is C66H119NO10. The summed E-state index contributed by atoms with van der Waals surface area (Å²) >= 11 is 0. The zero-order valence-electron chi connectivity index (χ0n) is 49.4. The van der Waals surface area contributed by atoms with Crippen molar-refractivity contribution < 1.29 is 49.3 Å². The Morgan fingerprint density at radius 2 is 0.896 bits per heavy atom. The van der Waals surface area contributed by atoms with E-state index in [0.29, 0.717) is 19.4 Å². The fraction of sp³-hybridized carbons (Fsp3) is 0.818. The number of carbonyl (C=O) groups excluding carboxylic acids is 2. The second-order valence-electron chi connectivity index (χ2n) is 22.1. The molecule has 1 saturated heterocycles. The van der Waals surface area contributed by atoms with E-state index in [1.54, 1.807) is 6.08 Å². The first kappa shape index (κ1) is 72.4. The van der Waals surface area contributed by atoms with Crippen LogP contribution in [0.1, 0.15) is 284 Å².